The number of fused-ring (bicyclic) bond motifs is 2. The van der Waals surface area contributed by atoms with Crippen LogP contribution in [0, 0.1) is 5.41 Å². The number of hydrogen-bond donors (Lipinski definition) is 0. The first kappa shape index (κ1) is 27.2. The molecule has 4 amide bonds. The molecule has 2 fully saturated rings. The van der Waals surface area contributed by atoms with E-state index < -0.39 is 17.2 Å². The Morgan fingerprint density at radius 3 is 1.33 bits per heavy atom. The van der Waals surface area contributed by atoms with Crippen LogP contribution in [0.4, 0.5) is 9.59 Å². The van der Waals surface area contributed by atoms with E-state index in [4.69, 9.17) is 18.9 Å². The summed E-state index contributed by atoms with van der Waals surface area (Å²) in [5.74, 6) is 2.60. The van der Waals surface area contributed by atoms with E-state index in [9.17, 15) is 0 Å². The van der Waals surface area contributed by atoms with E-state index in [1.54, 1.807) is 28.4 Å². The molecule has 10 heteroatoms. The lowest BCUT2D eigenvalue weighted by Gasteiger charge is -2.69. The maximum absolute atomic E-state index is 15.1. The molecule has 0 atom stereocenters. The Morgan fingerprint density at radius 2 is 0.953 bits per heavy atom. The summed E-state index contributed by atoms with van der Waals surface area (Å²) < 4.78 is 23.2. The van der Waals surface area contributed by atoms with Gasteiger partial charge < -0.3 is 18.9 Å². The summed E-state index contributed by atoms with van der Waals surface area (Å²) in [5.41, 5.74) is 2.41. The summed E-state index contributed by atoms with van der Waals surface area (Å²) in [7, 11) is 6.49. The van der Waals surface area contributed by atoms with Crippen LogP contribution in [0.25, 0.3) is 0 Å². The first-order valence-corrected chi connectivity index (χ1v) is 14.4. The molecule has 0 spiro atoms. The molecule has 2 bridgehead atoms. The molecule has 0 saturated carbocycles. The fourth-order valence-corrected chi connectivity index (χ4v) is 8.21. The van der Waals surface area contributed by atoms with E-state index in [0.29, 0.717) is 23.0 Å². The van der Waals surface area contributed by atoms with Gasteiger partial charge in [-0.3, -0.25) is 19.6 Å². The molecule has 224 valence electrons. The Kier molecular flexibility index (Phi) is 5.99. The third kappa shape index (κ3) is 3.34. The van der Waals surface area contributed by atoms with Crippen LogP contribution in [0.15, 0.2) is 54.6 Å². The summed E-state index contributed by atoms with van der Waals surface area (Å²) in [4.78, 5) is 37.6. The SMILES string of the molecule is COc1ccc(OC)c2c1CN1C(=O)N3Cc4c(OC)ccc(OC)c4CN4C(=O)N(C2)C1C(C)(C)C34c1ccccc1. The van der Waals surface area contributed by atoms with Gasteiger partial charge in [0, 0.05) is 22.3 Å². The molecule has 0 radical (unpaired) electrons. The second-order valence-corrected chi connectivity index (χ2v) is 12.0. The Morgan fingerprint density at radius 1 is 0.581 bits per heavy atom. The number of methoxy groups -OCH3 is 4. The predicted molar refractivity (Wildman–Crippen MR) is 158 cm³/mol. The van der Waals surface area contributed by atoms with Crippen molar-refractivity contribution in [1.82, 2.24) is 19.6 Å². The van der Waals surface area contributed by atoms with Crippen LogP contribution in [0.2, 0.25) is 0 Å². The van der Waals surface area contributed by atoms with E-state index in [0.717, 1.165) is 27.8 Å². The molecule has 3 aromatic carbocycles. The second-order valence-electron chi connectivity index (χ2n) is 12.0. The molecule has 43 heavy (non-hydrogen) atoms. The molecule has 4 aliphatic heterocycles. The first-order valence-electron chi connectivity index (χ1n) is 14.4. The van der Waals surface area contributed by atoms with E-state index >= 15 is 9.59 Å². The van der Waals surface area contributed by atoms with Gasteiger partial charge in [-0.25, -0.2) is 9.59 Å². The quantitative estimate of drug-likeness (QED) is 0.414. The molecule has 0 N–H and O–H groups in total. The van der Waals surface area contributed by atoms with Gasteiger partial charge in [-0.1, -0.05) is 44.2 Å². The van der Waals surface area contributed by atoms with Crippen molar-refractivity contribution in [2.24, 2.45) is 5.41 Å². The molecule has 0 unspecified atom stereocenters. The highest BCUT2D eigenvalue weighted by Gasteiger charge is 2.72. The minimum atomic E-state index is -1.11. The molecule has 7 rings (SSSR count). The van der Waals surface area contributed by atoms with E-state index in [2.05, 4.69) is 13.8 Å². The van der Waals surface area contributed by atoms with Gasteiger partial charge in [-0.2, -0.15) is 0 Å². The minimum absolute atomic E-state index is 0.175. The number of amides is 4. The minimum Gasteiger partial charge on any atom is -0.496 e. The zero-order chi connectivity index (χ0) is 30.3. The molecule has 3 aromatic rings. The van der Waals surface area contributed by atoms with Gasteiger partial charge in [-0.15, -0.1) is 0 Å². The highest BCUT2D eigenvalue weighted by atomic mass is 16.5. The van der Waals surface area contributed by atoms with Crippen LogP contribution in [-0.2, 0) is 31.8 Å². The van der Waals surface area contributed by atoms with Gasteiger partial charge in [0.15, 0.2) is 5.66 Å². The fourth-order valence-electron chi connectivity index (χ4n) is 8.21. The van der Waals surface area contributed by atoms with E-state index in [1.165, 1.54) is 0 Å². The van der Waals surface area contributed by atoms with Crippen LogP contribution < -0.4 is 18.9 Å². The van der Waals surface area contributed by atoms with Gasteiger partial charge >= 0.3 is 12.1 Å². The third-order valence-corrected chi connectivity index (χ3v) is 9.90. The number of carbonyl (C=O) groups is 2. The van der Waals surface area contributed by atoms with Crippen molar-refractivity contribution < 1.29 is 28.5 Å². The largest absolute Gasteiger partial charge is 0.496 e. The Balaban J connectivity index is 1.56. The molecular formula is C33H36N4O6. The zero-order valence-electron chi connectivity index (χ0n) is 25.3. The molecule has 2 saturated heterocycles. The Hall–Kier alpha value is -4.60. The summed E-state index contributed by atoms with van der Waals surface area (Å²) in [6.45, 7) is 5.30. The maximum atomic E-state index is 15.1. The lowest BCUT2D eigenvalue weighted by Crippen LogP contribution is -2.84. The van der Waals surface area contributed by atoms with E-state index in [-0.39, 0.29) is 38.2 Å². The normalized spacial score (nSPS) is 19.7. The van der Waals surface area contributed by atoms with Gasteiger partial charge in [-0.05, 0) is 29.8 Å². The van der Waals surface area contributed by atoms with Crippen LogP contribution in [0.3, 0.4) is 0 Å². The van der Waals surface area contributed by atoms with Crippen LogP contribution in [0.1, 0.15) is 41.7 Å². The predicted octanol–water partition coefficient (Wildman–Crippen LogP) is 5.13. The van der Waals surface area contributed by atoms with E-state index in [1.807, 2.05) is 74.2 Å². The highest BCUT2D eigenvalue weighted by Crippen LogP contribution is 2.61. The second kappa shape index (κ2) is 9.45. The average molecular weight is 585 g/mol. The highest BCUT2D eigenvalue weighted by molar-refractivity contribution is 5.86. The number of rotatable bonds is 5. The van der Waals surface area contributed by atoms with Crippen molar-refractivity contribution in [2.45, 2.75) is 51.9 Å². The first-order chi connectivity index (χ1) is 20.7. The topological polar surface area (TPSA) is 84.0 Å². The maximum Gasteiger partial charge on any atom is 0.324 e. The van der Waals surface area contributed by atoms with Crippen molar-refractivity contribution in [3.8, 4) is 23.0 Å². The van der Waals surface area contributed by atoms with Crippen LogP contribution in [0.5, 0.6) is 23.0 Å². The number of urea groups is 2. The van der Waals surface area contributed by atoms with Crippen molar-refractivity contribution >= 4 is 12.1 Å². The summed E-state index contributed by atoms with van der Waals surface area (Å²) in [6, 6.07) is 17.0. The van der Waals surface area contributed by atoms with Gasteiger partial charge in [0.25, 0.3) is 0 Å². The number of benzene rings is 3. The standard InChI is InChI=1S/C33H36N4O6/c1-32(2)29-34-16-21-22(26(41-4)13-12-25(21)40-3)17-35(29)31(39)37-19-24-23(27(42-5)14-15-28(24)43-6)18-36(30(34)38)33(32,37)20-10-8-7-9-11-20/h7-15,29H,16-19H2,1-6H3. The molecule has 0 aliphatic carbocycles. The monoisotopic (exact) mass is 584 g/mol. The summed E-state index contributed by atoms with van der Waals surface area (Å²) in [6.07, 6.45) is -0.549. The third-order valence-electron chi connectivity index (χ3n) is 9.90. The van der Waals surface area contributed by atoms with Crippen molar-refractivity contribution in [3.05, 3.63) is 82.4 Å². The average Bonchev–Trinajstić information content (AvgIpc) is 3.32. The van der Waals surface area contributed by atoms with Crippen LogP contribution in [-0.4, -0.2) is 66.3 Å². The number of ether oxygens (including phenoxy) is 4. The molecule has 10 nitrogen and oxygen atoms in total. The lowest BCUT2D eigenvalue weighted by molar-refractivity contribution is -0.223. The molecule has 0 aromatic heterocycles. The van der Waals surface area contributed by atoms with Gasteiger partial charge in [0.2, 0.25) is 0 Å². The molecule has 4 heterocycles. The Labute approximate surface area is 251 Å². The fraction of sp³-hybridized carbons (Fsp3) is 0.394. The lowest BCUT2D eigenvalue weighted by atomic mass is 9.66. The summed E-state index contributed by atoms with van der Waals surface area (Å²) >= 11 is 0. The van der Waals surface area contributed by atoms with Crippen molar-refractivity contribution in [1.29, 1.82) is 0 Å². The zero-order valence-corrected chi connectivity index (χ0v) is 25.3. The van der Waals surface area contributed by atoms with Crippen LogP contribution >= 0.6 is 0 Å². The number of carbonyl (C=O) groups excluding carboxylic acids is 2. The summed E-state index contributed by atoms with van der Waals surface area (Å²) in [5, 5.41) is 0. The van der Waals surface area contributed by atoms with Gasteiger partial charge in [0.1, 0.15) is 29.2 Å². The van der Waals surface area contributed by atoms with Crippen molar-refractivity contribution in [3.63, 3.8) is 0 Å². The van der Waals surface area contributed by atoms with Crippen molar-refractivity contribution in [2.75, 3.05) is 28.4 Å². The smallest absolute Gasteiger partial charge is 0.324 e. The molecular weight excluding hydrogens is 548 g/mol. The molecule has 4 aliphatic rings. The van der Waals surface area contributed by atoms with Gasteiger partial charge in [0.05, 0.1) is 60.0 Å². The Bertz CT molecular complexity index is 1550. The number of hydrogen-bond acceptors (Lipinski definition) is 6. The number of nitrogens with zero attached hydrogens (tertiary/aromatic N) is 4.